The molecule has 23 heavy (non-hydrogen) atoms. The van der Waals surface area contributed by atoms with Gasteiger partial charge >= 0.3 is 0 Å². The van der Waals surface area contributed by atoms with E-state index in [1.807, 2.05) is 4.68 Å². The van der Waals surface area contributed by atoms with Gasteiger partial charge in [0.05, 0.1) is 12.2 Å². The molecule has 0 radical (unpaired) electrons. The SMILES string of the molecule is NCCn1nc(C2CCN(C3CCCCC3)C2)c2nccnc21. The smallest absolute Gasteiger partial charge is 0.177 e. The van der Waals surface area contributed by atoms with Gasteiger partial charge in [-0.15, -0.1) is 0 Å². The molecule has 1 saturated carbocycles. The third-order valence-corrected chi connectivity index (χ3v) is 5.43. The van der Waals surface area contributed by atoms with Crippen molar-refractivity contribution in [1.82, 2.24) is 24.6 Å². The quantitative estimate of drug-likeness (QED) is 0.933. The van der Waals surface area contributed by atoms with Crippen molar-refractivity contribution >= 4 is 11.2 Å². The lowest BCUT2D eigenvalue weighted by molar-refractivity contribution is 0.189. The van der Waals surface area contributed by atoms with Crippen LogP contribution in [0.15, 0.2) is 12.4 Å². The summed E-state index contributed by atoms with van der Waals surface area (Å²) in [6.07, 6.45) is 11.6. The average Bonchev–Trinajstić information content (AvgIpc) is 3.22. The zero-order chi connectivity index (χ0) is 15.6. The summed E-state index contributed by atoms with van der Waals surface area (Å²) in [6.45, 7) is 3.59. The molecule has 1 unspecified atom stereocenters. The maximum atomic E-state index is 5.72. The third kappa shape index (κ3) is 2.85. The van der Waals surface area contributed by atoms with E-state index in [-0.39, 0.29) is 0 Å². The van der Waals surface area contributed by atoms with E-state index in [4.69, 9.17) is 10.8 Å². The fourth-order valence-electron chi connectivity index (χ4n) is 4.27. The van der Waals surface area contributed by atoms with Gasteiger partial charge in [0.25, 0.3) is 0 Å². The van der Waals surface area contributed by atoms with Crippen LogP contribution in [0.25, 0.3) is 11.2 Å². The van der Waals surface area contributed by atoms with Gasteiger partial charge in [0.15, 0.2) is 5.65 Å². The van der Waals surface area contributed by atoms with Gasteiger partial charge in [-0.2, -0.15) is 5.10 Å². The highest BCUT2D eigenvalue weighted by Gasteiger charge is 2.32. The minimum Gasteiger partial charge on any atom is -0.329 e. The van der Waals surface area contributed by atoms with Crippen molar-refractivity contribution in [1.29, 1.82) is 0 Å². The molecular weight excluding hydrogens is 288 g/mol. The highest BCUT2D eigenvalue weighted by Crippen LogP contribution is 2.34. The van der Waals surface area contributed by atoms with Crippen LogP contribution in [0.1, 0.15) is 50.1 Å². The van der Waals surface area contributed by atoms with Gasteiger partial charge in [-0.05, 0) is 25.8 Å². The fourth-order valence-corrected chi connectivity index (χ4v) is 4.27. The Bertz CT molecular complexity index is 660. The van der Waals surface area contributed by atoms with Gasteiger partial charge in [0.1, 0.15) is 5.52 Å². The molecule has 0 aromatic carbocycles. The fraction of sp³-hybridized carbons (Fsp3) is 0.706. The van der Waals surface area contributed by atoms with Crippen LogP contribution in [0.3, 0.4) is 0 Å². The van der Waals surface area contributed by atoms with E-state index in [1.165, 1.54) is 45.1 Å². The summed E-state index contributed by atoms with van der Waals surface area (Å²) in [7, 11) is 0. The van der Waals surface area contributed by atoms with Crippen molar-refractivity contribution < 1.29 is 0 Å². The monoisotopic (exact) mass is 314 g/mol. The number of hydrogen-bond donors (Lipinski definition) is 1. The van der Waals surface area contributed by atoms with E-state index in [0.717, 1.165) is 29.4 Å². The van der Waals surface area contributed by atoms with Crippen LogP contribution in [-0.4, -0.2) is 50.3 Å². The number of likely N-dealkylation sites (tertiary alicyclic amines) is 1. The predicted octanol–water partition coefficient (Wildman–Crippen LogP) is 1.91. The first-order valence-electron chi connectivity index (χ1n) is 8.98. The van der Waals surface area contributed by atoms with E-state index in [0.29, 0.717) is 19.0 Å². The number of hydrogen-bond acceptors (Lipinski definition) is 5. The molecule has 6 nitrogen and oxygen atoms in total. The Balaban J connectivity index is 1.57. The molecule has 1 aliphatic carbocycles. The second-order valence-corrected chi connectivity index (χ2v) is 6.90. The molecule has 6 heteroatoms. The molecule has 2 aliphatic rings. The van der Waals surface area contributed by atoms with Crippen LogP contribution in [0.5, 0.6) is 0 Å². The Labute approximate surface area is 137 Å². The standard InChI is InChI=1S/C17H26N6/c18-7-11-23-17-16(19-8-9-20-17)15(21-23)13-6-10-22(12-13)14-4-2-1-3-5-14/h8-9,13-14H,1-7,10-12,18H2. The molecule has 4 rings (SSSR count). The summed E-state index contributed by atoms with van der Waals surface area (Å²) in [6, 6.07) is 0.789. The number of rotatable bonds is 4. The average molecular weight is 314 g/mol. The van der Waals surface area contributed by atoms with Gasteiger partial charge < -0.3 is 5.73 Å². The summed E-state index contributed by atoms with van der Waals surface area (Å²) >= 11 is 0. The van der Waals surface area contributed by atoms with Crippen LogP contribution >= 0.6 is 0 Å². The topological polar surface area (TPSA) is 72.9 Å². The molecule has 2 aromatic heterocycles. The summed E-state index contributed by atoms with van der Waals surface area (Å²) in [5.74, 6) is 0.482. The zero-order valence-electron chi connectivity index (χ0n) is 13.7. The molecule has 1 saturated heterocycles. The van der Waals surface area contributed by atoms with Gasteiger partial charge in [-0.1, -0.05) is 19.3 Å². The zero-order valence-corrected chi connectivity index (χ0v) is 13.7. The maximum absolute atomic E-state index is 5.72. The molecule has 3 heterocycles. The molecule has 0 bridgehead atoms. The van der Waals surface area contributed by atoms with E-state index in [9.17, 15) is 0 Å². The van der Waals surface area contributed by atoms with Crippen molar-refractivity contribution in [3.8, 4) is 0 Å². The largest absolute Gasteiger partial charge is 0.329 e. The Kier molecular flexibility index (Phi) is 4.27. The first-order chi connectivity index (χ1) is 11.4. The summed E-state index contributed by atoms with van der Waals surface area (Å²) < 4.78 is 1.93. The summed E-state index contributed by atoms with van der Waals surface area (Å²) in [5, 5.41) is 4.83. The minimum atomic E-state index is 0.482. The van der Waals surface area contributed by atoms with Gasteiger partial charge in [0.2, 0.25) is 0 Å². The number of fused-ring (bicyclic) bond motifs is 1. The Morgan fingerprint density at radius 3 is 2.74 bits per heavy atom. The summed E-state index contributed by atoms with van der Waals surface area (Å²) in [5.41, 5.74) is 8.69. The maximum Gasteiger partial charge on any atom is 0.177 e. The molecule has 1 atom stereocenters. The Morgan fingerprint density at radius 1 is 1.09 bits per heavy atom. The van der Waals surface area contributed by atoms with E-state index in [2.05, 4.69) is 14.9 Å². The minimum absolute atomic E-state index is 0.482. The van der Waals surface area contributed by atoms with Gasteiger partial charge in [-0.3, -0.25) is 4.90 Å². The molecule has 2 aromatic rings. The van der Waals surface area contributed by atoms with Crippen molar-refractivity contribution in [3.63, 3.8) is 0 Å². The van der Waals surface area contributed by atoms with Crippen molar-refractivity contribution in [3.05, 3.63) is 18.1 Å². The highest BCUT2D eigenvalue weighted by atomic mass is 15.3. The van der Waals surface area contributed by atoms with Crippen molar-refractivity contribution in [2.24, 2.45) is 5.73 Å². The van der Waals surface area contributed by atoms with Crippen LogP contribution in [0.2, 0.25) is 0 Å². The molecule has 1 aliphatic heterocycles. The lowest BCUT2D eigenvalue weighted by Gasteiger charge is -2.30. The number of nitrogens with two attached hydrogens (primary N) is 1. The lowest BCUT2D eigenvalue weighted by atomic mass is 9.94. The molecule has 2 fully saturated rings. The second kappa shape index (κ2) is 6.53. The predicted molar refractivity (Wildman–Crippen MR) is 90.2 cm³/mol. The van der Waals surface area contributed by atoms with Crippen LogP contribution < -0.4 is 5.73 Å². The van der Waals surface area contributed by atoms with Crippen molar-refractivity contribution in [2.75, 3.05) is 19.6 Å². The van der Waals surface area contributed by atoms with Crippen molar-refractivity contribution in [2.45, 2.75) is 57.0 Å². The van der Waals surface area contributed by atoms with Gasteiger partial charge in [0, 0.05) is 37.4 Å². The lowest BCUT2D eigenvalue weighted by Crippen LogP contribution is -2.34. The van der Waals surface area contributed by atoms with E-state index < -0.39 is 0 Å². The van der Waals surface area contributed by atoms with Gasteiger partial charge in [-0.25, -0.2) is 14.6 Å². The molecule has 0 spiro atoms. The Morgan fingerprint density at radius 2 is 1.91 bits per heavy atom. The molecule has 124 valence electrons. The van der Waals surface area contributed by atoms with E-state index >= 15 is 0 Å². The normalized spacial score (nSPS) is 23.8. The first-order valence-corrected chi connectivity index (χ1v) is 8.98. The molecule has 0 amide bonds. The van der Waals surface area contributed by atoms with E-state index in [1.54, 1.807) is 12.4 Å². The number of aromatic nitrogens is 4. The molecule has 2 N–H and O–H groups in total. The summed E-state index contributed by atoms with van der Waals surface area (Å²) in [4.78, 5) is 11.7. The Hall–Kier alpha value is -1.53. The highest BCUT2D eigenvalue weighted by molar-refractivity contribution is 5.73. The third-order valence-electron chi connectivity index (χ3n) is 5.43. The van der Waals surface area contributed by atoms with Crippen LogP contribution in [-0.2, 0) is 6.54 Å². The van der Waals surface area contributed by atoms with Crippen LogP contribution in [0.4, 0.5) is 0 Å². The van der Waals surface area contributed by atoms with Crippen LogP contribution in [0, 0.1) is 0 Å². The number of nitrogens with zero attached hydrogens (tertiary/aromatic N) is 5. The second-order valence-electron chi connectivity index (χ2n) is 6.90. The first kappa shape index (κ1) is 15.0. The molecular formula is C17H26N6.